The van der Waals surface area contributed by atoms with Gasteiger partial charge in [0.1, 0.15) is 0 Å². The van der Waals surface area contributed by atoms with Gasteiger partial charge in [0.15, 0.2) is 18.1 Å². The van der Waals surface area contributed by atoms with Gasteiger partial charge in [-0.3, -0.25) is 0 Å². The first-order valence-electron chi connectivity index (χ1n) is 10.5. The molecule has 0 saturated heterocycles. The zero-order valence-electron chi connectivity index (χ0n) is 19.6. The Labute approximate surface area is 196 Å². The second kappa shape index (κ2) is 9.70. The van der Waals surface area contributed by atoms with Crippen molar-refractivity contribution in [1.29, 1.82) is 0 Å². The number of ether oxygens (including phenoxy) is 4. The van der Waals surface area contributed by atoms with Gasteiger partial charge in [-0.15, -0.1) is 10.2 Å². The van der Waals surface area contributed by atoms with Crippen molar-refractivity contribution >= 4 is 5.97 Å². The molecule has 9 heteroatoms. The average Bonchev–Trinajstić information content (AvgIpc) is 3.47. The Morgan fingerprint density at radius 3 is 2.06 bits per heavy atom. The predicted molar refractivity (Wildman–Crippen MR) is 124 cm³/mol. The smallest absolute Gasteiger partial charge is 0.338 e. The van der Waals surface area contributed by atoms with E-state index >= 15 is 0 Å². The first kappa shape index (κ1) is 22.9. The lowest BCUT2D eigenvalue weighted by molar-refractivity contribution is 0.0438. The summed E-state index contributed by atoms with van der Waals surface area (Å²) in [6.45, 7) is 3.91. The van der Waals surface area contributed by atoms with Crippen LogP contribution in [0.4, 0.5) is 0 Å². The zero-order chi connectivity index (χ0) is 24.2. The minimum Gasteiger partial charge on any atom is -0.493 e. The predicted octanol–water partition coefficient (Wildman–Crippen LogP) is 4.53. The third kappa shape index (κ3) is 4.45. The quantitative estimate of drug-likeness (QED) is 0.352. The van der Waals surface area contributed by atoms with E-state index in [1.807, 2.05) is 38.1 Å². The maximum Gasteiger partial charge on any atom is 0.338 e. The largest absolute Gasteiger partial charge is 0.493 e. The van der Waals surface area contributed by atoms with Crippen molar-refractivity contribution in [2.24, 2.45) is 0 Å². The second-order valence-corrected chi connectivity index (χ2v) is 7.49. The van der Waals surface area contributed by atoms with Gasteiger partial charge in [0.2, 0.25) is 11.6 Å². The standard InChI is InChI=1S/C25H25N3O6/c1-15-6-7-16(2)28(15)19-10-8-17(9-11-19)25(29)33-14-22-26-27-24(34-22)18-12-20(30-3)23(32-5)21(13-18)31-4/h6-13H,14H2,1-5H3. The Kier molecular flexibility index (Phi) is 6.53. The number of rotatable bonds is 8. The van der Waals surface area contributed by atoms with Crippen molar-refractivity contribution in [1.82, 2.24) is 14.8 Å². The maximum atomic E-state index is 12.5. The van der Waals surface area contributed by atoms with E-state index in [1.165, 1.54) is 21.3 Å². The zero-order valence-corrected chi connectivity index (χ0v) is 19.6. The van der Waals surface area contributed by atoms with Crippen LogP contribution in [0.2, 0.25) is 0 Å². The van der Waals surface area contributed by atoms with Crippen molar-refractivity contribution < 1.29 is 28.2 Å². The molecule has 0 fully saturated rings. The fourth-order valence-corrected chi connectivity index (χ4v) is 3.67. The summed E-state index contributed by atoms with van der Waals surface area (Å²) in [5.41, 5.74) is 4.21. The summed E-state index contributed by atoms with van der Waals surface area (Å²) in [6, 6.07) is 14.7. The molecule has 2 heterocycles. The first-order chi connectivity index (χ1) is 16.4. The minimum absolute atomic E-state index is 0.159. The molecule has 0 N–H and O–H groups in total. The van der Waals surface area contributed by atoms with E-state index in [2.05, 4.69) is 14.8 Å². The van der Waals surface area contributed by atoms with Crippen LogP contribution in [0, 0.1) is 13.8 Å². The van der Waals surface area contributed by atoms with Crippen LogP contribution in [0.25, 0.3) is 17.1 Å². The summed E-state index contributed by atoms with van der Waals surface area (Å²) in [5, 5.41) is 8.01. The number of nitrogens with zero attached hydrogens (tertiary/aromatic N) is 3. The van der Waals surface area contributed by atoms with Crippen LogP contribution in [-0.2, 0) is 11.3 Å². The van der Waals surface area contributed by atoms with Crippen molar-refractivity contribution in [2.45, 2.75) is 20.5 Å². The normalized spacial score (nSPS) is 10.7. The van der Waals surface area contributed by atoms with Gasteiger partial charge in [-0.05, 0) is 62.4 Å². The summed E-state index contributed by atoms with van der Waals surface area (Å²) in [5.74, 6) is 1.27. The molecule has 34 heavy (non-hydrogen) atoms. The molecule has 0 unspecified atom stereocenters. The van der Waals surface area contributed by atoms with Gasteiger partial charge < -0.3 is 27.9 Å². The molecule has 0 radical (unpaired) electrons. The van der Waals surface area contributed by atoms with E-state index in [1.54, 1.807) is 24.3 Å². The lowest BCUT2D eigenvalue weighted by Crippen LogP contribution is -2.06. The number of aryl methyl sites for hydroxylation is 2. The van der Waals surface area contributed by atoms with E-state index in [0.717, 1.165) is 17.1 Å². The molecule has 0 amide bonds. The molecule has 0 aliphatic carbocycles. The fourth-order valence-electron chi connectivity index (χ4n) is 3.67. The highest BCUT2D eigenvalue weighted by Crippen LogP contribution is 2.40. The summed E-state index contributed by atoms with van der Waals surface area (Å²) in [4.78, 5) is 12.5. The average molecular weight is 463 g/mol. The summed E-state index contributed by atoms with van der Waals surface area (Å²) in [6.07, 6.45) is 0. The molecule has 2 aromatic carbocycles. The van der Waals surface area contributed by atoms with Gasteiger partial charge in [-0.1, -0.05) is 0 Å². The molecule has 0 saturated carbocycles. The Hall–Kier alpha value is -4.27. The van der Waals surface area contributed by atoms with Crippen molar-refractivity contribution in [2.75, 3.05) is 21.3 Å². The minimum atomic E-state index is -0.486. The molecule has 0 bridgehead atoms. The van der Waals surface area contributed by atoms with Crippen LogP contribution >= 0.6 is 0 Å². The van der Waals surface area contributed by atoms with Crippen molar-refractivity contribution in [3.8, 4) is 34.4 Å². The lowest BCUT2D eigenvalue weighted by atomic mass is 10.2. The first-order valence-corrected chi connectivity index (χ1v) is 10.5. The second-order valence-electron chi connectivity index (χ2n) is 7.49. The summed E-state index contributed by atoms with van der Waals surface area (Å²) < 4.78 is 29.2. The summed E-state index contributed by atoms with van der Waals surface area (Å²) in [7, 11) is 4.57. The molecule has 176 valence electrons. The highest BCUT2D eigenvalue weighted by Gasteiger charge is 2.18. The highest BCUT2D eigenvalue weighted by atomic mass is 16.5. The van der Waals surface area contributed by atoms with Gasteiger partial charge in [0, 0.05) is 22.6 Å². The van der Waals surface area contributed by atoms with E-state index in [4.69, 9.17) is 23.4 Å². The number of hydrogen-bond acceptors (Lipinski definition) is 8. The van der Waals surface area contributed by atoms with Gasteiger partial charge in [0.25, 0.3) is 5.89 Å². The van der Waals surface area contributed by atoms with E-state index in [-0.39, 0.29) is 18.4 Å². The van der Waals surface area contributed by atoms with Gasteiger partial charge in [0.05, 0.1) is 26.9 Å². The molecule has 0 aliphatic rings. The van der Waals surface area contributed by atoms with Crippen LogP contribution in [0.15, 0.2) is 52.9 Å². The molecule has 4 rings (SSSR count). The number of aromatic nitrogens is 3. The summed E-state index contributed by atoms with van der Waals surface area (Å²) >= 11 is 0. The number of hydrogen-bond donors (Lipinski definition) is 0. The van der Waals surface area contributed by atoms with Crippen LogP contribution in [0.3, 0.4) is 0 Å². The molecule has 0 aliphatic heterocycles. The number of methoxy groups -OCH3 is 3. The van der Waals surface area contributed by atoms with Gasteiger partial charge >= 0.3 is 5.97 Å². The van der Waals surface area contributed by atoms with Gasteiger partial charge in [-0.25, -0.2) is 4.79 Å². The van der Waals surface area contributed by atoms with E-state index in [9.17, 15) is 4.79 Å². The molecule has 2 aromatic heterocycles. The number of carbonyl (C=O) groups excluding carboxylic acids is 1. The van der Waals surface area contributed by atoms with E-state index in [0.29, 0.717) is 28.4 Å². The highest BCUT2D eigenvalue weighted by molar-refractivity contribution is 5.89. The molecule has 0 atom stereocenters. The monoisotopic (exact) mass is 463 g/mol. The SMILES string of the molecule is COc1cc(-c2nnc(COC(=O)c3ccc(-n4c(C)ccc4C)cc3)o2)cc(OC)c1OC. The maximum absolute atomic E-state index is 12.5. The molecule has 9 nitrogen and oxygen atoms in total. The fraction of sp³-hybridized carbons (Fsp3) is 0.240. The van der Waals surface area contributed by atoms with Crippen molar-refractivity contribution in [3.05, 3.63) is 71.4 Å². The molecular weight excluding hydrogens is 438 g/mol. The third-order valence-electron chi connectivity index (χ3n) is 5.34. The number of carbonyl (C=O) groups is 1. The third-order valence-corrected chi connectivity index (χ3v) is 5.34. The number of esters is 1. The van der Waals surface area contributed by atoms with Crippen LogP contribution in [-0.4, -0.2) is 42.1 Å². The Bertz CT molecular complexity index is 1260. The van der Waals surface area contributed by atoms with Crippen molar-refractivity contribution in [3.63, 3.8) is 0 Å². The molecular formula is C25H25N3O6. The van der Waals surface area contributed by atoms with Gasteiger partial charge in [-0.2, -0.15) is 0 Å². The molecule has 4 aromatic rings. The Balaban J connectivity index is 1.45. The van der Waals surface area contributed by atoms with E-state index < -0.39 is 5.97 Å². The van der Waals surface area contributed by atoms with Crippen LogP contribution < -0.4 is 14.2 Å². The van der Waals surface area contributed by atoms with Crippen LogP contribution in [0.5, 0.6) is 17.2 Å². The Morgan fingerprint density at radius 2 is 1.50 bits per heavy atom. The number of benzene rings is 2. The topological polar surface area (TPSA) is 97.8 Å². The molecule has 0 spiro atoms. The van der Waals surface area contributed by atoms with Crippen LogP contribution in [0.1, 0.15) is 27.6 Å². The lowest BCUT2D eigenvalue weighted by Gasteiger charge is -2.12. The Morgan fingerprint density at radius 1 is 0.882 bits per heavy atom.